The molecule has 68 valence electrons. The van der Waals surface area contributed by atoms with Crippen LogP contribution in [0, 0.1) is 5.50 Å². The molecule has 2 bridgehead atoms. The van der Waals surface area contributed by atoms with Crippen LogP contribution in [0.2, 0.25) is 0 Å². The highest BCUT2D eigenvalue weighted by Gasteiger charge is 2.56. The number of nitrogens with zero attached hydrogens (tertiary/aromatic N) is 2. The van der Waals surface area contributed by atoms with Crippen molar-refractivity contribution in [1.82, 2.24) is 4.90 Å². The van der Waals surface area contributed by atoms with Crippen LogP contribution in [0.15, 0.2) is 23.1 Å². The van der Waals surface area contributed by atoms with Gasteiger partial charge >= 0.3 is 5.91 Å². The average molecular weight is 196 g/mol. The highest BCUT2D eigenvalue weighted by molar-refractivity contribution is 8.05. The third-order valence-corrected chi connectivity index (χ3v) is 3.73. The van der Waals surface area contributed by atoms with E-state index in [9.17, 15) is 4.79 Å². The van der Waals surface area contributed by atoms with Gasteiger partial charge in [0.15, 0.2) is 0 Å². The van der Waals surface area contributed by atoms with Crippen molar-refractivity contribution in [2.45, 2.75) is 6.92 Å². The normalized spacial score (nSPS) is 36.2. The number of hydrogen-bond donors (Lipinski definition) is 0. The molecule has 1 fully saturated rings. The molecular formula is C8H8N2O2S. The summed E-state index contributed by atoms with van der Waals surface area (Å²) in [5.41, 5.74) is 1.65. The smallest absolute Gasteiger partial charge is 0.367 e. The Morgan fingerprint density at radius 2 is 2.46 bits per heavy atom. The van der Waals surface area contributed by atoms with Crippen LogP contribution in [0.5, 0.6) is 0 Å². The number of rotatable bonds is 0. The summed E-state index contributed by atoms with van der Waals surface area (Å²) in [7, 11) is 1.92. The molecule has 0 aromatic rings. The summed E-state index contributed by atoms with van der Waals surface area (Å²) in [6.45, 7) is 1.81. The van der Waals surface area contributed by atoms with E-state index in [4.69, 9.17) is 4.84 Å². The number of quaternary nitrogens is 1. The van der Waals surface area contributed by atoms with Gasteiger partial charge in [0.25, 0.3) is 0 Å². The number of amides is 1. The summed E-state index contributed by atoms with van der Waals surface area (Å²) in [4.78, 5) is 19.3. The van der Waals surface area contributed by atoms with Crippen LogP contribution in [-0.4, -0.2) is 22.5 Å². The second kappa shape index (κ2) is 1.93. The third-order valence-electron chi connectivity index (χ3n) is 2.43. The topological polar surface area (TPSA) is 29.5 Å². The van der Waals surface area contributed by atoms with Gasteiger partial charge in [0.1, 0.15) is 11.8 Å². The lowest BCUT2D eigenvalue weighted by Gasteiger charge is -2.35. The number of thioether (sulfide) groups is 1. The maximum absolute atomic E-state index is 11.8. The Bertz CT molecular complexity index is 376. The predicted molar refractivity (Wildman–Crippen MR) is 46.8 cm³/mol. The predicted octanol–water partition coefficient (Wildman–Crippen LogP) is 1.12. The monoisotopic (exact) mass is 196 g/mol. The molecule has 0 aromatic carbocycles. The average Bonchev–Trinajstić information content (AvgIpc) is 2.68. The molecule has 0 radical (unpaired) electrons. The summed E-state index contributed by atoms with van der Waals surface area (Å²) < 4.78 is -0.0671. The van der Waals surface area contributed by atoms with Crippen molar-refractivity contribution in [3.63, 3.8) is 0 Å². The molecule has 0 N–H and O–H groups in total. The molecule has 3 heterocycles. The van der Waals surface area contributed by atoms with E-state index in [0.717, 1.165) is 16.2 Å². The van der Waals surface area contributed by atoms with Gasteiger partial charge in [0, 0.05) is 6.20 Å². The Kier molecular flexibility index (Phi) is 1.11. The van der Waals surface area contributed by atoms with Gasteiger partial charge in [-0.05, 0) is 14.0 Å². The molecule has 0 aromatic heterocycles. The van der Waals surface area contributed by atoms with Crippen molar-refractivity contribution in [1.29, 1.82) is 0 Å². The lowest BCUT2D eigenvalue weighted by molar-refractivity contribution is -0.962. The fourth-order valence-electron chi connectivity index (χ4n) is 1.67. The fourth-order valence-corrected chi connectivity index (χ4v) is 2.76. The van der Waals surface area contributed by atoms with Crippen LogP contribution < -0.4 is 0 Å². The van der Waals surface area contributed by atoms with Crippen LogP contribution in [-0.2, 0) is 9.63 Å². The molecule has 3 aliphatic heterocycles. The molecule has 3 aliphatic rings. The van der Waals surface area contributed by atoms with Crippen molar-refractivity contribution < 1.29 is 14.3 Å². The van der Waals surface area contributed by atoms with E-state index in [2.05, 4.69) is 0 Å². The maximum atomic E-state index is 11.8. The molecule has 13 heavy (non-hydrogen) atoms. The number of hydrogen-bond acceptors (Lipinski definition) is 4. The van der Waals surface area contributed by atoms with E-state index in [1.807, 2.05) is 18.1 Å². The highest BCUT2D eigenvalue weighted by Crippen LogP contribution is 2.57. The molecule has 1 unspecified atom stereocenters. The van der Waals surface area contributed by atoms with Crippen molar-refractivity contribution in [2.24, 2.45) is 0 Å². The van der Waals surface area contributed by atoms with Gasteiger partial charge < -0.3 is 9.74 Å². The molecule has 1 saturated heterocycles. The van der Waals surface area contributed by atoms with E-state index < -0.39 is 0 Å². The van der Waals surface area contributed by atoms with Crippen molar-refractivity contribution in [2.75, 3.05) is 7.05 Å². The minimum atomic E-state index is -0.0671. The van der Waals surface area contributed by atoms with E-state index in [1.54, 1.807) is 13.1 Å². The number of carbonyl (C=O) groups excluding carboxylic acids is 1. The van der Waals surface area contributed by atoms with Crippen molar-refractivity contribution in [3.05, 3.63) is 28.6 Å². The summed E-state index contributed by atoms with van der Waals surface area (Å²) in [6.07, 6.45) is 3.63. The zero-order valence-corrected chi connectivity index (χ0v) is 8.09. The zero-order chi connectivity index (χ0) is 9.22. The first-order valence-electron chi connectivity index (χ1n) is 3.97. The van der Waals surface area contributed by atoms with Crippen LogP contribution in [0.3, 0.4) is 0 Å². The highest BCUT2D eigenvalue weighted by atomic mass is 32.2. The summed E-state index contributed by atoms with van der Waals surface area (Å²) >= 11 is 1.53. The summed E-state index contributed by atoms with van der Waals surface area (Å²) in [5, 5.41) is 0.746. The standard InChI is InChI=1S/C8H8N2O2S/c1-5-6(11)10-4-3-9(2)8(10)13-7(5)12-10/h3-4H,1-2H3. The van der Waals surface area contributed by atoms with Crippen molar-refractivity contribution >= 4 is 17.7 Å². The van der Waals surface area contributed by atoms with Gasteiger partial charge in [-0.2, -0.15) is 11.8 Å². The largest absolute Gasteiger partial charge is 0.458 e. The Balaban J connectivity index is 2.17. The summed E-state index contributed by atoms with van der Waals surface area (Å²) in [6, 6.07) is 0. The van der Waals surface area contributed by atoms with Gasteiger partial charge in [0.05, 0.1) is 5.50 Å². The lowest BCUT2D eigenvalue weighted by Crippen LogP contribution is -2.44. The van der Waals surface area contributed by atoms with E-state index in [0.29, 0.717) is 0 Å². The lowest BCUT2D eigenvalue weighted by atomic mass is 10.3. The molecular weight excluding hydrogens is 188 g/mol. The van der Waals surface area contributed by atoms with E-state index >= 15 is 0 Å². The first kappa shape index (κ1) is 7.46. The minimum absolute atomic E-state index is 0.0318. The first-order valence-corrected chi connectivity index (χ1v) is 4.78. The van der Waals surface area contributed by atoms with Crippen LogP contribution in [0.1, 0.15) is 6.92 Å². The quantitative estimate of drug-likeness (QED) is 0.429. The Hall–Kier alpha value is -0.940. The Labute approximate surface area is 80.0 Å². The van der Waals surface area contributed by atoms with Gasteiger partial charge in [-0.15, -0.1) is 4.65 Å². The molecule has 3 rings (SSSR count). The van der Waals surface area contributed by atoms with Crippen LogP contribution in [0.4, 0.5) is 0 Å². The second-order valence-electron chi connectivity index (χ2n) is 3.26. The van der Waals surface area contributed by atoms with Crippen molar-refractivity contribution in [3.8, 4) is 0 Å². The fraction of sp³-hybridized carbons (Fsp3) is 0.250. The molecule has 0 saturated carbocycles. The van der Waals surface area contributed by atoms with E-state index in [1.165, 1.54) is 11.8 Å². The van der Waals surface area contributed by atoms with Gasteiger partial charge in [0.2, 0.25) is 5.09 Å². The van der Waals surface area contributed by atoms with E-state index in [-0.39, 0.29) is 10.6 Å². The van der Waals surface area contributed by atoms with Crippen LogP contribution in [0.25, 0.3) is 0 Å². The molecule has 1 atom stereocenters. The minimum Gasteiger partial charge on any atom is -0.458 e. The third kappa shape index (κ3) is 0.627. The molecule has 1 amide bonds. The second-order valence-corrected chi connectivity index (χ2v) is 4.20. The maximum Gasteiger partial charge on any atom is 0.367 e. The van der Waals surface area contributed by atoms with Gasteiger partial charge in [-0.25, -0.2) is 4.79 Å². The molecule has 4 nitrogen and oxygen atoms in total. The van der Waals surface area contributed by atoms with Crippen LogP contribution >= 0.6 is 11.8 Å². The van der Waals surface area contributed by atoms with Gasteiger partial charge in [-0.3, -0.25) is 0 Å². The molecule has 5 heteroatoms. The zero-order valence-electron chi connectivity index (χ0n) is 7.27. The Morgan fingerprint density at radius 1 is 1.69 bits per heavy atom. The summed E-state index contributed by atoms with van der Waals surface area (Å²) in [5.74, 6) is 0.0318. The van der Waals surface area contributed by atoms with Gasteiger partial charge in [-0.1, -0.05) is 0 Å². The molecule has 1 spiro atoms. The number of fused-ring (bicyclic) bond motifs is 1. The number of hydroxylamine groups is 3. The molecule has 0 aliphatic carbocycles. The Morgan fingerprint density at radius 3 is 3.15 bits per heavy atom. The number of carbonyl (C=O) groups is 1. The first-order chi connectivity index (χ1) is 6.15. The SMILES string of the molecule is CC1=C2O[N+]3(C=CN(C)[C-]3S2)C1=O.